The third-order valence-corrected chi connectivity index (χ3v) is 3.95. The summed E-state index contributed by atoms with van der Waals surface area (Å²) in [5.41, 5.74) is 3.69. The Labute approximate surface area is 114 Å². The average Bonchev–Trinajstić information content (AvgIpc) is 2.68. The number of nitrogen functional groups attached to an aromatic ring is 1. The number of anilines is 2. The molecule has 0 atom stereocenters. The number of hydrogen-bond donors (Lipinski definition) is 3. The van der Waals surface area contributed by atoms with Crippen molar-refractivity contribution >= 4 is 34.7 Å². The van der Waals surface area contributed by atoms with Gasteiger partial charge in [-0.3, -0.25) is 5.43 Å². The van der Waals surface area contributed by atoms with Gasteiger partial charge in [0.25, 0.3) is 0 Å². The summed E-state index contributed by atoms with van der Waals surface area (Å²) in [4.78, 5) is 10.6. The molecule has 0 aliphatic rings. The van der Waals surface area contributed by atoms with E-state index in [0.717, 1.165) is 0 Å². The standard InChI is InChI=1S/C11H14ClN5S/c1-6-3-8(18-7(6)2)4-14-10-9(12)5-15-11(16-10)17-13/h3,5H,4,13H2,1-2H3,(H2,14,15,16,17). The summed E-state index contributed by atoms with van der Waals surface area (Å²) in [7, 11) is 0. The van der Waals surface area contributed by atoms with E-state index >= 15 is 0 Å². The van der Waals surface area contributed by atoms with E-state index in [1.165, 1.54) is 21.5 Å². The van der Waals surface area contributed by atoms with Gasteiger partial charge in [-0.1, -0.05) is 11.6 Å². The van der Waals surface area contributed by atoms with Gasteiger partial charge in [0.1, 0.15) is 5.02 Å². The maximum Gasteiger partial charge on any atom is 0.239 e. The highest BCUT2D eigenvalue weighted by atomic mass is 35.5. The molecule has 0 fully saturated rings. The van der Waals surface area contributed by atoms with E-state index in [-0.39, 0.29) is 0 Å². The number of aryl methyl sites for hydroxylation is 2. The van der Waals surface area contributed by atoms with Crippen molar-refractivity contribution < 1.29 is 0 Å². The van der Waals surface area contributed by atoms with Crippen LogP contribution in [-0.2, 0) is 6.54 Å². The first kappa shape index (κ1) is 13.1. The molecule has 0 amide bonds. The fourth-order valence-corrected chi connectivity index (χ4v) is 2.62. The van der Waals surface area contributed by atoms with E-state index in [0.29, 0.717) is 23.3 Å². The maximum absolute atomic E-state index is 6.00. The topological polar surface area (TPSA) is 75.9 Å². The first-order chi connectivity index (χ1) is 8.60. The van der Waals surface area contributed by atoms with E-state index < -0.39 is 0 Å². The van der Waals surface area contributed by atoms with Crippen LogP contribution in [0.15, 0.2) is 12.3 Å². The lowest BCUT2D eigenvalue weighted by molar-refractivity contribution is 1.08. The van der Waals surface area contributed by atoms with Crippen LogP contribution in [-0.4, -0.2) is 9.97 Å². The summed E-state index contributed by atoms with van der Waals surface area (Å²) in [6, 6.07) is 2.16. The minimum atomic E-state index is 0.334. The number of rotatable bonds is 4. The SMILES string of the molecule is Cc1cc(CNc2nc(NN)ncc2Cl)sc1C. The van der Waals surface area contributed by atoms with Crippen molar-refractivity contribution in [2.24, 2.45) is 5.84 Å². The van der Waals surface area contributed by atoms with Crippen LogP contribution in [0.3, 0.4) is 0 Å². The molecule has 4 N–H and O–H groups in total. The van der Waals surface area contributed by atoms with E-state index in [1.807, 2.05) is 0 Å². The van der Waals surface area contributed by atoms with E-state index in [2.05, 4.69) is 40.6 Å². The van der Waals surface area contributed by atoms with Crippen LogP contribution in [0.1, 0.15) is 15.3 Å². The molecule has 2 aromatic rings. The largest absolute Gasteiger partial charge is 0.364 e. The Bertz CT molecular complexity index is 535. The molecule has 0 spiro atoms. The average molecular weight is 284 g/mol. The molecule has 0 saturated heterocycles. The minimum Gasteiger partial charge on any atom is -0.364 e. The molecular weight excluding hydrogens is 270 g/mol. The number of hydrogen-bond acceptors (Lipinski definition) is 6. The summed E-state index contributed by atoms with van der Waals surface area (Å²) in [6.45, 7) is 4.89. The van der Waals surface area contributed by atoms with Crippen molar-refractivity contribution in [1.82, 2.24) is 9.97 Å². The molecule has 7 heteroatoms. The van der Waals surface area contributed by atoms with Crippen LogP contribution in [0.5, 0.6) is 0 Å². The second-order valence-corrected chi connectivity index (χ2v) is 5.59. The van der Waals surface area contributed by atoms with Crippen LogP contribution in [0.2, 0.25) is 5.02 Å². The lowest BCUT2D eigenvalue weighted by atomic mass is 10.3. The maximum atomic E-state index is 6.00. The van der Waals surface area contributed by atoms with Crippen molar-refractivity contribution in [2.45, 2.75) is 20.4 Å². The Morgan fingerprint density at radius 2 is 2.22 bits per heavy atom. The molecule has 2 heterocycles. The summed E-state index contributed by atoms with van der Waals surface area (Å²) >= 11 is 7.76. The monoisotopic (exact) mass is 283 g/mol. The van der Waals surface area contributed by atoms with Crippen molar-refractivity contribution in [3.63, 3.8) is 0 Å². The van der Waals surface area contributed by atoms with Crippen LogP contribution >= 0.6 is 22.9 Å². The van der Waals surface area contributed by atoms with Crippen molar-refractivity contribution in [3.05, 3.63) is 32.6 Å². The number of nitrogens with one attached hydrogen (secondary N) is 2. The van der Waals surface area contributed by atoms with Gasteiger partial charge >= 0.3 is 0 Å². The number of nitrogens with two attached hydrogens (primary N) is 1. The molecule has 0 saturated carbocycles. The normalized spacial score (nSPS) is 10.4. The molecule has 2 aromatic heterocycles. The molecule has 5 nitrogen and oxygen atoms in total. The minimum absolute atomic E-state index is 0.334. The summed E-state index contributed by atoms with van der Waals surface area (Å²) in [6.07, 6.45) is 1.51. The molecule has 0 aliphatic heterocycles. The lowest BCUT2D eigenvalue weighted by Crippen LogP contribution is -2.12. The molecular formula is C11H14ClN5S. The Hall–Kier alpha value is -1.37. The predicted octanol–water partition coefficient (Wildman–Crippen LogP) is 2.71. The van der Waals surface area contributed by atoms with Crippen LogP contribution in [0.25, 0.3) is 0 Å². The molecule has 96 valence electrons. The van der Waals surface area contributed by atoms with Gasteiger partial charge in [0.2, 0.25) is 5.95 Å². The van der Waals surface area contributed by atoms with E-state index in [4.69, 9.17) is 17.4 Å². The molecule has 0 aliphatic carbocycles. The Kier molecular flexibility index (Phi) is 4.00. The molecule has 0 radical (unpaired) electrons. The Balaban J connectivity index is 2.10. The van der Waals surface area contributed by atoms with Gasteiger partial charge < -0.3 is 5.32 Å². The Morgan fingerprint density at radius 3 is 2.83 bits per heavy atom. The van der Waals surface area contributed by atoms with Crippen LogP contribution < -0.4 is 16.6 Å². The van der Waals surface area contributed by atoms with Gasteiger partial charge in [-0.15, -0.1) is 11.3 Å². The number of halogens is 1. The molecule has 0 bridgehead atoms. The van der Waals surface area contributed by atoms with Gasteiger partial charge in [0.05, 0.1) is 12.7 Å². The molecule has 0 unspecified atom stereocenters. The number of thiophene rings is 1. The second kappa shape index (κ2) is 5.51. The fourth-order valence-electron chi connectivity index (χ4n) is 1.47. The van der Waals surface area contributed by atoms with E-state index in [1.54, 1.807) is 11.3 Å². The van der Waals surface area contributed by atoms with E-state index in [9.17, 15) is 0 Å². The number of nitrogens with zero attached hydrogens (tertiary/aromatic N) is 2. The first-order valence-corrected chi connectivity index (χ1v) is 6.58. The second-order valence-electron chi connectivity index (χ2n) is 3.84. The predicted molar refractivity (Wildman–Crippen MR) is 76.0 cm³/mol. The first-order valence-electron chi connectivity index (χ1n) is 5.39. The molecule has 2 rings (SSSR count). The highest BCUT2D eigenvalue weighted by Gasteiger charge is 2.06. The van der Waals surface area contributed by atoms with Crippen molar-refractivity contribution in [3.8, 4) is 0 Å². The summed E-state index contributed by atoms with van der Waals surface area (Å²) in [5.74, 6) is 6.16. The van der Waals surface area contributed by atoms with Gasteiger partial charge in [-0.25, -0.2) is 10.8 Å². The lowest BCUT2D eigenvalue weighted by Gasteiger charge is -2.07. The summed E-state index contributed by atoms with van der Waals surface area (Å²) in [5, 5.41) is 3.65. The molecule has 18 heavy (non-hydrogen) atoms. The quantitative estimate of drug-likeness (QED) is 0.594. The summed E-state index contributed by atoms with van der Waals surface area (Å²) < 4.78 is 0. The third-order valence-electron chi connectivity index (χ3n) is 2.52. The molecule has 0 aromatic carbocycles. The third kappa shape index (κ3) is 2.90. The zero-order valence-electron chi connectivity index (χ0n) is 10.1. The fraction of sp³-hybridized carbons (Fsp3) is 0.273. The van der Waals surface area contributed by atoms with Gasteiger partial charge in [-0.05, 0) is 25.5 Å². The van der Waals surface area contributed by atoms with Crippen LogP contribution in [0.4, 0.5) is 11.8 Å². The Morgan fingerprint density at radius 1 is 1.44 bits per heavy atom. The van der Waals surface area contributed by atoms with Gasteiger partial charge in [0, 0.05) is 9.75 Å². The number of hydrazine groups is 1. The van der Waals surface area contributed by atoms with Crippen molar-refractivity contribution in [1.29, 1.82) is 0 Å². The highest BCUT2D eigenvalue weighted by Crippen LogP contribution is 2.23. The zero-order chi connectivity index (χ0) is 13.1. The number of aromatic nitrogens is 2. The van der Waals surface area contributed by atoms with Crippen molar-refractivity contribution in [2.75, 3.05) is 10.7 Å². The zero-order valence-corrected chi connectivity index (χ0v) is 11.7. The van der Waals surface area contributed by atoms with Gasteiger partial charge in [-0.2, -0.15) is 4.98 Å². The van der Waals surface area contributed by atoms with Crippen LogP contribution in [0, 0.1) is 13.8 Å². The smallest absolute Gasteiger partial charge is 0.239 e. The van der Waals surface area contributed by atoms with Gasteiger partial charge in [0.15, 0.2) is 5.82 Å². The highest BCUT2D eigenvalue weighted by molar-refractivity contribution is 7.12.